The first kappa shape index (κ1) is 16.0. The fourth-order valence-electron chi connectivity index (χ4n) is 1.69. The van der Waals surface area contributed by atoms with Crippen LogP contribution in [-0.4, -0.2) is 10.9 Å². The maximum atomic E-state index is 12.7. The molecule has 0 saturated heterocycles. The molecule has 2 rings (SSSR count). The van der Waals surface area contributed by atoms with E-state index in [9.17, 15) is 18.0 Å². The van der Waals surface area contributed by atoms with Crippen molar-refractivity contribution in [1.29, 1.82) is 0 Å². The van der Waals surface area contributed by atoms with E-state index in [2.05, 4.69) is 4.98 Å². The lowest BCUT2D eigenvalue weighted by atomic mass is 10.0. The van der Waals surface area contributed by atoms with Crippen molar-refractivity contribution >= 4 is 18.3 Å². The lowest BCUT2D eigenvalue weighted by molar-refractivity contribution is -0.137. The molecule has 0 aliphatic rings. The highest BCUT2D eigenvalue weighted by atomic mass is 35.5. The van der Waals surface area contributed by atoms with Gasteiger partial charge in [-0.1, -0.05) is 12.1 Å². The molecule has 0 aliphatic carbocycles. The summed E-state index contributed by atoms with van der Waals surface area (Å²) in [4.78, 5) is 15.2. The summed E-state index contributed by atoms with van der Waals surface area (Å²) in [6.45, 7) is 0. The van der Waals surface area contributed by atoms with Gasteiger partial charge in [-0.2, -0.15) is 13.2 Å². The molecule has 106 valence electrons. The largest absolute Gasteiger partial charge is 0.417 e. The third-order valence-electron chi connectivity index (χ3n) is 2.55. The van der Waals surface area contributed by atoms with E-state index in [0.717, 1.165) is 12.1 Å². The number of carbonyl (C=O) groups is 1. The number of amides is 1. The van der Waals surface area contributed by atoms with Crippen LogP contribution < -0.4 is 5.73 Å². The van der Waals surface area contributed by atoms with Crippen molar-refractivity contribution in [3.8, 4) is 11.3 Å². The maximum absolute atomic E-state index is 12.7. The molecule has 0 fully saturated rings. The van der Waals surface area contributed by atoms with E-state index in [1.807, 2.05) is 0 Å². The number of carbonyl (C=O) groups excluding carboxylic acids is 1. The summed E-state index contributed by atoms with van der Waals surface area (Å²) in [7, 11) is 0. The summed E-state index contributed by atoms with van der Waals surface area (Å²) >= 11 is 0. The monoisotopic (exact) mass is 302 g/mol. The molecule has 0 radical (unpaired) electrons. The number of hydrogen-bond acceptors (Lipinski definition) is 2. The predicted molar refractivity (Wildman–Crippen MR) is 70.4 cm³/mol. The van der Waals surface area contributed by atoms with Crippen LogP contribution in [-0.2, 0) is 6.18 Å². The molecule has 20 heavy (non-hydrogen) atoms. The third kappa shape index (κ3) is 3.27. The number of nitrogens with zero attached hydrogens (tertiary/aromatic N) is 1. The summed E-state index contributed by atoms with van der Waals surface area (Å²) in [5, 5.41) is 0. The molecular formula is C13H10ClF3N2O. The van der Waals surface area contributed by atoms with Gasteiger partial charge in [-0.25, -0.2) is 0 Å². The van der Waals surface area contributed by atoms with Crippen LogP contribution in [0.3, 0.4) is 0 Å². The molecule has 1 amide bonds. The average Bonchev–Trinajstić information content (AvgIpc) is 2.38. The van der Waals surface area contributed by atoms with Gasteiger partial charge in [0.15, 0.2) is 0 Å². The third-order valence-corrected chi connectivity index (χ3v) is 2.55. The molecule has 0 aliphatic heterocycles. The number of rotatable bonds is 2. The number of nitrogens with two attached hydrogens (primary N) is 1. The van der Waals surface area contributed by atoms with Gasteiger partial charge in [-0.3, -0.25) is 9.78 Å². The van der Waals surface area contributed by atoms with Crippen molar-refractivity contribution in [3.05, 3.63) is 53.7 Å². The van der Waals surface area contributed by atoms with Crippen LogP contribution in [0.2, 0.25) is 0 Å². The number of hydrogen-bond donors (Lipinski definition) is 1. The molecule has 0 atom stereocenters. The van der Waals surface area contributed by atoms with Crippen molar-refractivity contribution < 1.29 is 18.0 Å². The van der Waals surface area contributed by atoms with Gasteiger partial charge in [0.25, 0.3) is 0 Å². The van der Waals surface area contributed by atoms with Gasteiger partial charge >= 0.3 is 6.18 Å². The van der Waals surface area contributed by atoms with Gasteiger partial charge in [-0.15, -0.1) is 12.4 Å². The Labute approximate surface area is 119 Å². The smallest absolute Gasteiger partial charge is 0.366 e. The number of halogens is 4. The zero-order valence-corrected chi connectivity index (χ0v) is 10.8. The quantitative estimate of drug-likeness (QED) is 0.925. The van der Waals surface area contributed by atoms with Crippen molar-refractivity contribution in [2.75, 3.05) is 0 Å². The number of aromatic nitrogens is 1. The highest BCUT2D eigenvalue weighted by Gasteiger charge is 2.34. The Balaban J connectivity index is 0.00000200. The van der Waals surface area contributed by atoms with Gasteiger partial charge in [0, 0.05) is 11.8 Å². The fourth-order valence-corrected chi connectivity index (χ4v) is 1.69. The van der Waals surface area contributed by atoms with E-state index in [4.69, 9.17) is 5.73 Å². The molecular weight excluding hydrogens is 293 g/mol. The standard InChI is InChI=1S/C13H9F3N2O.ClH/c14-13(15,16)10-5-4-8(7-9(10)12(17)19)11-3-1-2-6-18-11;/h1-7H,(H2,17,19);1H. The predicted octanol–water partition coefficient (Wildman–Crippen LogP) is 3.29. The van der Waals surface area contributed by atoms with Crippen LogP contribution in [0.15, 0.2) is 42.6 Å². The van der Waals surface area contributed by atoms with Crippen LogP contribution in [0.5, 0.6) is 0 Å². The molecule has 0 saturated carbocycles. The topological polar surface area (TPSA) is 56.0 Å². The second kappa shape index (κ2) is 5.92. The summed E-state index contributed by atoms with van der Waals surface area (Å²) < 4.78 is 38.2. The zero-order valence-electron chi connectivity index (χ0n) is 10.0. The second-order valence-electron chi connectivity index (χ2n) is 3.84. The molecule has 7 heteroatoms. The van der Waals surface area contributed by atoms with E-state index >= 15 is 0 Å². The van der Waals surface area contributed by atoms with Crippen molar-refractivity contribution in [2.45, 2.75) is 6.18 Å². The Bertz CT molecular complexity index is 615. The number of alkyl halides is 3. The summed E-state index contributed by atoms with van der Waals surface area (Å²) in [6.07, 6.45) is -3.11. The van der Waals surface area contributed by atoms with Gasteiger partial charge in [-0.05, 0) is 24.3 Å². The van der Waals surface area contributed by atoms with Crippen molar-refractivity contribution in [1.82, 2.24) is 4.98 Å². The van der Waals surface area contributed by atoms with Crippen LogP contribution in [0.1, 0.15) is 15.9 Å². The summed E-state index contributed by atoms with van der Waals surface area (Å²) in [6, 6.07) is 8.22. The lowest BCUT2D eigenvalue weighted by Gasteiger charge is -2.12. The Morgan fingerprint density at radius 1 is 1.15 bits per heavy atom. The van der Waals surface area contributed by atoms with Gasteiger partial charge in [0.1, 0.15) is 0 Å². The Kier molecular flexibility index (Phi) is 4.73. The first-order chi connectivity index (χ1) is 8.89. The summed E-state index contributed by atoms with van der Waals surface area (Å²) in [5.41, 5.74) is 4.27. The minimum Gasteiger partial charge on any atom is -0.366 e. The number of benzene rings is 1. The Hall–Kier alpha value is -2.08. The van der Waals surface area contributed by atoms with Crippen LogP contribution in [0.25, 0.3) is 11.3 Å². The highest BCUT2D eigenvalue weighted by Crippen LogP contribution is 2.33. The highest BCUT2D eigenvalue weighted by molar-refractivity contribution is 5.95. The SMILES string of the molecule is Cl.NC(=O)c1cc(-c2ccccn2)ccc1C(F)(F)F. The molecule has 1 aromatic heterocycles. The first-order valence-corrected chi connectivity index (χ1v) is 5.32. The van der Waals surface area contributed by atoms with Gasteiger partial charge in [0.2, 0.25) is 5.91 Å². The van der Waals surface area contributed by atoms with Crippen LogP contribution in [0, 0.1) is 0 Å². The Morgan fingerprint density at radius 3 is 2.35 bits per heavy atom. The van der Waals surface area contributed by atoms with Gasteiger partial charge < -0.3 is 5.73 Å². The minimum atomic E-state index is -4.62. The van der Waals surface area contributed by atoms with Crippen molar-refractivity contribution in [2.24, 2.45) is 5.73 Å². The molecule has 0 bridgehead atoms. The first-order valence-electron chi connectivity index (χ1n) is 5.32. The van der Waals surface area contributed by atoms with E-state index < -0.39 is 23.2 Å². The Morgan fingerprint density at radius 2 is 1.85 bits per heavy atom. The molecule has 1 aromatic carbocycles. The fraction of sp³-hybridized carbons (Fsp3) is 0.0769. The lowest BCUT2D eigenvalue weighted by Crippen LogP contribution is -2.18. The zero-order chi connectivity index (χ0) is 14.0. The van der Waals surface area contributed by atoms with E-state index in [-0.39, 0.29) is 12.4 Å². The molecule has 3 nitrogen and oxygen atoms in total. The molecule has 2 N–H and O–H groups in total. The van der Waals surface area contributed by atoms with Crippen molar-refractivity contribution in [3.63, 3.8) is 0 Å². The van der Waals surface area contributed by atoms with Crippen LogP contribution in [0.4, 0.5) is 13.2 Å². The van der Waals surface area contributed by atoms with E-state index in [1.54, 1.807) is 18.2 Å². The maximum Gasteiger partial charge on any atom is 0.417 e. The minimum absolute atomic E-state index is 0. The average molecular weight is 303 g/mol. The number of pyridine rings is 1. The molecule has 0 unspecified atom stereocenters. The normalized spacial score (nSPS) is 10.8. The second-order valence-corrected chi connectivity index (χ2v) is 3.84. The number of primary amides is 1. The summed E-state index contributed by atoms with van der Waals surface area (Å²) in [5.74, 6) is -1.12. The molecule has 1 heterocycles. The van der Waals surface area contributed by atoms with E-state index in [1.165, 1.54) is 12.3 Å². The molecule has 0 spiro atoms. The van der Waals surface area contributed by atoms with Gasteiger partial charge in [0.05, 0.1) is 16.8 Å². The molecule has 2 aromatic rings. The van der Waals surface area contributed by atoms with E-state index in [0.29, 0.717) is 11.3 Å². The van der Waals surface area contributed by atoms with Crippen LogP contribution >= 0.6 is 12.4 Å².